The van der Waals surface area contributed by atoms with Gasteiger partial charge in [-0.15, -0.1) is 0 Å². The number of carbonyl (C=O) groups is 1. The molecule has 0 aliphatic heterocycles. The van der Waals surface area contributed by atoms with E-state index in [1.54, 1.807) is 0 Å². The van der Waals surface area contributed by atoms with Crippen molar-refractivity contribution in [2.24, 2.45) is 0 Å². The molecule has 0 saturated heterocycles. The lowest BCUT2D eigenvalue weighted by Gasteiger charge is -2.09. The molecule has 3 rings (SSSR count). The summed E-state index contributed by atoms with van der Waals surface area (Å²) >= 11 is 0. The van der Waals surface area contributed by atoms with Crippen LogP contribution in [-0.2, 0) is 27.0 Å². The Kier molecular flexibility index (Phi) is 5.76. The van der Waals surface area contributed by atoms with E-state index in [1.807, 2.05) is 0 Å². The molecule has 3 aromatic rings. The third kappa shape index (κ3) is 5.30. The summed E-state index contributed by atoms with van der Waals surface area (Å²) in [5.41, 5.74) is -1.83. The van der Waals surface area contributed by atoms with Gasteiger partial charge in [0.2, 0.25) is 0 Å². The second-order valence-electron chi connectivity index (χ2n) is 6.17. The van der Waals surface area contributed by atoms with Crippen LogP contribution in [0.15, 0.2) is 36.5 Å². The van der Waals surface area contributed by atoms with Crippen LogP contribution < -0.4 is 5.32 Å². The SMILES string of the molecule is CS(=O)(=O)OCCn1cc2cc(NC(=O)c3cccc(C(F)(F)F)n3)c(F)cc2n1. The van der Waals surface area contributed by atoms with Crippen molar-refractivity contribution < 1.29 is 35.0 Å². The fourth-order valence-electron chi connectivity index (χ4n) is 2.50. The lowest BCUT2D eigenvalue weighted by molar-refractivity contribution is -0.141. The highest BCUT2D eigenvalue weighted by Gasteiger charge is 2.33. The van der Waals surface area contributed by atoms with E-state index < -0.39 is 39.4 Å². The molecule has 0 fully saturated rings. The summed E-state index contributed by atoms with van der Waals surface area (Å²) in [7, 11) is -3.61. The number of fused-ring (bicyclic) bond motifs is 1. The van der Waals surface area contributed by atoms with Crippen LogP contribution >= 0.6 is 0 Å². The van der Waals surface area contributed by atoms with Gasteiger partial charge in [-0.3, -0.25) is 13.7 Å². The Balaban J connectivity index is 1.79. The van der Waals surface area contributed by atoms with Gasteiger partial charge in [-0.1, -0.05) is 6.07 Å². The molecule has 8 nitrogen and oxygen atoms in total. The summed E-state index contributed by atoms with van der Waals surface area (Å²) in [4.78, 5) is 15.5. The number of benzene rings is 1. The third-order valence-electron chi connectivity index (χ3n) is 3.78. The molecule has 1 aromatic carbocycles. The van der Waals surface area contributed by atoms with Crippen LogP contribution in [0.4, 0.5) is 23.2 Å². The molecule has 13 heteroatoms. The van der Waals surface area contributed by atoms with Gasteiger partial charge in [0.25, 0.3) is 16.0 Å². The predicted octanol–water partition coefficient (Wildman–Crippen LogP) is 2.82. The Morgan fingerprint density at radius 1 is 1.27 bits per heavy atom. The number of alkyl halides is 3. The molecule has 1 N–H and O–H groups in total. The maximum atomic E-state index is 14.3. The lowest BCUT2D eigenvalue weighted by Crippen LogP contribution is -2.17. The zero-order valence-electron chi connectivity index (χ0n) is 15.3. The van der Waals surface area contributed by atoms with Crippen LogP contribution in [0.5, 0.6) is 0 Å². The number of carbonyl (C=O) groups excluding carboxylic acids is 1. The number of anilines is 1. The molecule has 0 saturated carbocycles. The minimum absolute atomic E-state index is 0.0687. The van der Waals surface area contributed by atoms with Gasteiger partial charge in [0.1, 0.15) is 17.2 Å². The number of nitrogens with one attached hydrogen (secondary N) is 1. The van der Waals surface area contributed by atoms with Crippen LogP contribution in [0.2, 0.25) is 0 Å². The first-order chi connectivity index (χ1) is 13.9. The Morgan fingerprint density at radius 3 is 2.67 bits per heavy atom. The number of aromatic nitrogens is 3. The number of pyridine rings is 1. The van der Waals surface area contributed by atoms with E-state index in [1.165, 1.54) is 16.9 Å². The first-order valence-corrected chi connectivity index (χ1v) is 10.1. The summed E-state index contributed by atoms with van der Waals surface area (Å²) in [6.45, 7) is -0.112. The largest absolute Gasteiger partial charge is 0.433 e. The van der Waals surface area contributed by atoms with Crippen molar-refractivity contribution in [3.8, 4) is 0 Å². The first kappa shape index (κ1) is 21.6. The fraction of sp³-hybridized carbons (Fsp3) is 0.235. The van der Waals surface area contributed by atoms with Crippen molar-refractivity contribution in [1.29, 1.82) is 0 Å². The average Bonchev–Trinajstić information content (AvgIpc) is 3.01. The van der Waals surface area contributed by atoms with Crippen LogP contribution in [0.1, 0.15) is 16.2 Å². The summed E-state index contributed by atoms with van der Waals surface area (Å²) < 4.78 is 80.4. The minimum atomic E-state index is -4.73. The molecule has 1 amide bonds. The first-order valence-electron chi connectivity index (χ1n) is 8.29. The van der Waals surface area contributed by atoms with Crippen LogP contribution in [0.3, 0.4) is 0 Å². The molecule has 0 spiro atoms. The summed E-state index contributed by atoms with van der Waals surface area (Å²) in [5.74, 6) is -1.88. The van der Waals surface area contributed by atoms with E-state index in [-0.39, 0.29) is 24.4 Å². The number of hydrogen-bond donors (Lipinski definition) is 1. The van der Waals surface area contributed by atoms with Crippen LogP contribution in [-0.4, -0.2) is 42.0 Å². The molecule has 30 heavy (non-hydrogen) atoms. The van der Waals surface area contributed by atoms with Crippen LogP contribution in [0.25, 0.3) is 10.9 Å². The predicted molar refractivity (Wildman–Crippen MR) is 97.7 cm³/mol. The van der Waals surface area contributed by atoms with Crippen LogP contribution in [0, 0.1) is 5.82 Å². The maximum absolute atomic E-state index is 14.3. The average molecular weight is 446 g/mol. The quantitative estimate of drug-likeness (QED) is 0.461. The molecule has 0 bridgehead atoms. The van der Waals surface area contributed by atoms with Gasteiger partial charge in [-0.25, -0.2) is 9.37 Å². The molecule has 0 aliphatic carbocycles. The molecule has 0 atom stereocenters. The summed E-state index contributed by atoms with van der Waals surface area (Å²) in [6.07, 6.45) is -2.36. The van der Waals surface area contributed by atoms with E-state index in [4.69, 9.17) is 0 Å². The van der Waals surface area contributed by atoms with Crippen molar-refractivity contribution >= 4 is 32.6 Å². The van der Waals surface area contributed by atoms with Crippen molar-refractivity contribution in [2.45, 2.75) is 12.7 Å². The molecule has 0 aliphatic rings. The van der Waals surface area contributed by atoms with E-state index in [9.17, 15) is 30.8 Å². The second-order valence-corrected chi connectivity index (χ2v) is 7.81. The maximum Gasteiger partial charge on any atom is 0.433 e. The summed E-state index contributed by atoms with van der Waals surface area (Å²) in [5, 5.41) is 6.65. The van der Waals surface area contributed by atoms with E-state index in [0.717, 1.165) is 24.5 Å². The molecule has 2 heterocycles. The van der Waals surface area contributed by atoms with E-state index >= 15 is 0 Å². The second kappa shape index (κ2) is 7.99. The van der Waals surface area contributed by atoms with Gasteiger partial charge in [-0.2, -0.15) is 26.7 Å². The molecule has 0 unspecified atom stereocenters. The highest BCUT2D eigenvalue weighted by Crippen LogP contribution is 2.28. The number of amides is 1. The zero-order valence-corrected chi connectivity index (χ0v) is 16.1. The minimum Gasteiger partial charge on any atom is -0.318 e. The van der Waals surface area contributed by atoms with Crippen molar-refractivity contribution in [3.63, 3.8) is 0 Å². The Bertz CT molecular complexity index is 1210. The number of halogens is 4. The smallest absolute Gasteiger partial charge is 0.318 e. The van der Waals surface area contributed by atoms with Gasteiger partial charge < -0.3 is 5.32 Å². The highest BCUT2D eigenvalue weighted by atomic mass is 32.2. The van der Waals surface area contributed by atoms with Gasteiger partial charge in [-0.05, 0) is 18.2 Å². The normalized spacial score (nSPS) is 12.3. The van der Waals surface area contributed by atoms with Gasteiger partial charge in [0.15, 0.2) is 0 Å². The Hall–Kier alpha value is -3.06. The Morgan fingerprint density at radius 2 is 2.00 bits per heavy atom. The fourth-order valence-corrected chi connectivity index (χ4v) is 2.87. The Labute approximate surface area is 167 Å². The summed E-state index contributed by atoms with van der Waals surface area (Å²) in [6, 6.07) is 5.08. The molecular weight excluding hydrogens is 432 g/mol. The molecular formula is C17H14F4N4O4S. The zero-order chi connectivity index (χ0) is 22.1. The third-order valence-corrected chi connectivity index (χ3v) is 4.37. The van der Waals surface area contributed by atoms with Gasteiger partial charge in [0, 0.05) is 17.6 Å². The topological polar surface area (TPSA) is 103 Å². The number of rotatable bonds is 6. The van der Waals surface area contributed by atoms with E-state index in [2.05, 4.69) is 19.6 Å². The van der Waals surface area contributed by atoms with Crippen molar-refractivity contribution in [1.82, 2.24) is 14.8 Å². The molecule has 2 aromatic heterocycles. The molecule has 160 valence electrons. The van der Waals surface area contributed by atoms with Crippen molar-refractivity contribution in [2.75, 3.05) is 18.2 Å². The van der Waals surface area contributed by atoms with E-state index in [0.29, 0.717) is 11.5 Å². The number of nitrogens with zero attached hydrogens (tertiary/aromatic N) is 3. The number of hydrogen-bond acceptors (Lipinski definition) is 6. The monoisotopic (exact) mass is 446 g/mol. The standard InChI is InChI=1S/C17H14F4N4O4S/c1-30(27,28)29-6-5-25-9-10-7-14(11(18)8-13(10)24-25)23-16(26)12-3-2-4-15(22-12)17(19,20)21/h2-4,7-9H,5-6H2,1H3,(H,23,26). The molecule has 0 radical (unpaired) electrons. The van der Waals surface area contributed by atoms with Gasteiger partial charge >= 0.3 is 6.18 Å². The lowest BCUT2D eigenvalue weighted by atomic mass is 10.2. The highest BCUT2D eigenvalue weighted by molar-refractivity contribution is 7.85. The van der Waals surface area contributed by atoms with Gasteiger partial charge in [0.05, 0.1) is 30.6 Å². The van der Waals surface area contributed by atoms with Crippen molar-refractivity contribution in [3.05, 3.63) is 53.7 Å².